The Hall–Kier alpha value is -3.87. The molecule has 2 atom stereocenters. The van der Waals surface area contributed by atoms with Crippen LogP contribution in [0, 0.1) is 11.8 Å². The summed E-state index contributed by atoms with van der Waals surface area (Å²) >= 11 is 0. The summed E-state index contributed by atoms with van der Waals surface area (Å²) in [5.41, 5.74) is 0.542. The van der Waals surface area contributed by atoms with E-state index >= 15 is 0 Å². The average molecular weight is 464 g/mol. The first-order valence-corrected chi connectivity index (χ1v) is 10.9. The molecule has 1 aliphatic carbocycles. The number of hydrogen-bond acceptors (Lipinski definition) is 2. The molecule has 0 aromatic heterocycles. The predicted molar refractivity (Wildman–Crippen MR) is 125 cm³/mol. The van der Waals surface area contributed by atoms with Crippen molar-refractivity contribution in [3.05, 3.63) is 103 Å². The van der Waals surface area contributed by atoms with Crippen LogP contribution in [0.25, 0.3) is 0 Å². The lowest BCUT2D eigenvalue weighted by Crippen LogP contribution is -2.41. The van der Waals surface area contributed by atoms with Crippen LogP contribution in [-0.2, 0) is 15.8 Å². The third-order valence-electron chi connectivity index (χ3n) is 5.79. The van der Waals surface area contributed by atoms with Gasteiger partial charge in [0.15, 0.2) is 0 Å². The summed E-state index contributed by atoms with van der Waals surface area (Å²) in [6, 6.07) is 22.8. The molecular weight excluding hydrogens is 441 g/mol. The van der Waals surface area contributed by atoms with E-state index in [2.05, 4.69) is 5.32 Å². The van der Waals surface area contributed by atoms with Gasteiger partial charge in [0.1, 0.15) is 0 Å². The molecule has 0 aliphatic heterocycles. The number of nitrogens with zero attached hydrogens (tertiary/aromatic N) is 1. The minimum atomic E-state index is -4.52. The van der Waals surface area contributed by atoms with E-state index in [1.807, 2.05) is 72.8 Å². The lowest BCUT2D eigenvalue weighted by molar-refractivity contribution is -0.137. The second-order valence-electron chi connectivity index (χ2n) is 8.07. The molecule has 2 amide bonds. The van der Waals surface area contributed by atoms with E-state index in [0.29, 0.717) is 24.2 Å². The van der Waals surface area contributed by atoms with Gasteiger partial charge >= 0.3 is 6.18 Å². The number of allylic oxidation sites excluding steroid dienone is 2. The molecule has 7 heteroatoms. The van der Waals surface area contributed by atoms with Crippen molar-refractivity contribution in [2.24, 2.45) is 11.8 Å². The molecule has 4 rings (SSSR count). The zero-order valence-corrected chi connectivity index (χ0v) is 18.2. The number of carbonyl (C=O) groups excluding carboxylic acids is 2. The Bertz CT molecular complexity index is 1140. The fraction of sp³-hybridized carbons (Fsp3) is 0.185. The molecule has 0 bridgehead atoms. The van der Waals surface area contributed by atoms with E-state index in [0.717, 1.165) is 12.1 Å². The molecule has 1 N–H and O–H groups in total. The normalized spacial score (nSPS) is 17.7. The summed E-state index contributed by atoms with van der Waals surface area (Å²) in [5.74, 6) is -2.12. The van der Waals surface area contributed by atoms with Crippen LogP contribution < -0.4 is 10.2 Å². The molecule has 0 heterocycles. The third kappa shape index (κ3) is 5.20. The van der Waals surface area contributed by atoms with Crippen LogP contribution in [0.3, 0.4) is 0 Å². The van der Waals surface area contributed by atoms with Crippen LogP contribution in [0.5, 0.6) is 0 Å². The van der Waals surface area contributed by atoms with Gasteiger partial charge in [-0.2, -0.15) is 13.2 Å². The van der Waals surface area contributed by atoms with E-state index < -0.39 is 29.5 Å². The highest BCUT2D eigenvalue weighted by atomic mass is 19.4. The first kappa shape index (κ1) is 23.3. The maximum Gasteiger partial charge on any atom is 0.416 e. The fourth-order valence-electron chi connectivity index (χ4n) is 4.11. The highest BCUT2D eigenvalue weighted by Crippen LogP contribution is 2.35. The van der Waals surface area contributed by atoms with Gasteiger partial charge in [-0.25, -0.2) is 0 Å². The van der Waals surface area contributed by atoms with Crippen LogP contribution >= 0.6 is 0 Å². The number of rotatable bonds is 5. The highest BCUT2D eigenvalue weighted by molar-refractivity contribution is 6.05. The predicted octanol–water partition coefficient (Wildman–Crippen LogP) is 6.59. The van der Waals surface area contributed by atoms with Crippen LogP contribution in [0.15, 0.2) is 97.1 Å². The molecule has 1 aliphatic rings. The standard InChI is InChI=1S/C27H23F3N2O2/c28-27(29,30)19-10-9-11-20(18-19)31-25(33)23-16-7-8-17-24(23)26(34)32(21-12-3-1-4-13-21)22-14-5-2-6-15-22/h1-15,18,23-24H,16-17H2,(H,31,33). The van der Waals surface area contributed by atoms with Crippen molar-refractivity contribution < 1.29 is 22.8 Å². The molecule has 0 saturated carbocycles. The van der Waals surface area contributed by atoms with Gasteiger partial charge in [0.2, 0.25) is 11.8 Å². The van der Waals surface area contributed by atoms with E-state index in [1.165, 1.54) is 12.1 Å². The first-order chi connectivity index (χ1) is 16.3. The van der Waals surface area contributed by atoms with Crippen molar-refractivity contribution >= 4 is 28.9 Å². The Morgan fingerprint density at radius 1 is 0.765 bits per heavy atom. The van der Waals surface area contributed by atoms with Crippen molar-refractivity contribution in [2.75, 3.05) is 10.2 Å². The summed E-state index contributed by atoms with van der Waals surface area (Å²) in [6.07, 6.45) is -0.146. The van der Waals surface area contributed by atoms with E-state index in [-0.39, 0.29) is 11.6 Å². The number of amides is 2. The van der Waals surface area contributed by atoms with Crippen molar-refractivity contribution in [3.63, 3.8) is 0 Å². The molecule has 174 valence electrons. The summed E-state index contributed by atoms with van der Waals surface area (Å²) in [6.45, 7) is 0. The molecular formula is C27H23F3N2O2. The van der Waals surface area contributed by atoms with E-state index in [4.69, 9.17) is 0 Å². The lowest BCUT2D eigenvalue weighted by Gasteiger charge is -2.32. The molecule has 2 unspecified atom stereocenters. The minimum absolute atomic E-state index is 0.0450. The van der Waals surface area contributed by atoms with Crippen LogP contribution in [0.4, 0.5) is 30.2 Å². The Morgan fingerprint density at radius 3 is 1.88 bits per heavy atom. The smallest absolute Gasteiger partial charge is 0.326 e. The number of halogens is 3. The lowest BCUT2D eigenvalue weighted by atomic mass is 9.81. The summed E-state index contributed by atoms with van der Waals surface area (Å²) < 4.78 is 39.2. The number of nitrogens with one attached hydrogen (secondary N) is 1. The number of alkyl halides is 3. The van der Waals surface area contributed by atoms with Gasteiger partial charge in [-0.15, -0.1) is 0 Å². The zero-order valence-electron chi connectivity index (χ0n) is 18.2. The van der Waals surface area contributed by atoms with E-state index in [1.54, 1.807) is 4.90 Å². The second kappa shape index (κ2) is 9.95. The maximum absolute atomic E-state index is 13.8. The van der Waals surface area contributed by atoms with Gasteiger partial charge in [0.25, 0.3) is 0 Å². The molecule has 0 radical (unpaired) electrons. The average Bonchev–Trinajstić information content (AvgIpc) is 2.85. The summed E-state index contributed by atoms with van der Waals surface area (Å²) in [5, 5.41) is 2.58. The molecule has 4 nitrogen and oxygen atoms in total. The number of benzene rings is 3. The molecule has 3 aromatic carbocycles. The summed E-state index contributed by atoms with van der Waals surface area (Å²) in [7, 11) is 0. The van der Waals surface area contributed by atoms with Gasteiger partial charge in [-0.1, -0.05) is 54.6 Å². The highest BCUT2D eigenvalue weighted by Gasteiger charge is 2.38. The fourth-order valence-corrected chi connectivity index (χ4v) is 4.11. The van der Waals surface area contributed by atoms with Gasteiger partial charge in [-0.05, 0) is 55.3 Å². The van der Waals surface area contributed by atoms with Crippen molar-refractivity contribution in [2.45, 2.75) is 19.0 Å². The number of carbonyl (C=O) groups is 2. The molecule has 0 spiro atoms. The SMILES string of the molecule is O=C(Nc1cccc(C(F)(F)F)c1)C1CC=CCC1C(=O)N(c1ccccc1)c1ccccc1. The van der Waals surface area contributed by atoms with Crippen molar-refractivity contribution in [1.29, 1.82) is 0 Å². The number of anilines is 3. The topological polar surface area (TPSA) is 49.4 Å². The van der Waals surface area contributed by atoms with Crippen molar-refractivity contribution in [3.8, 4) is 0 Å². The first-order valence-electron chi connectivity index (χ1n) is 10.9. The van der Waals surface area contributed by atoms with Crippen LogP contribution in [0.2, 0.25) is 0 Å². The molecule has 0 saturated heterocycles. The second-order valence-corrected chi connectivity index (χ2v) is 8.07. The Balaban J connectivity index is 1.61. The van der Waals surface area contributed by atoms with Gasteiger partial charge in [-0.3, -0.25) is 14.5 Å². The van der Waals surface area contributed by atoms with Gasteiger partial charge < -0.3 is 5.32 Å². The Labute approximate surface area is 195 Å². The summed E-state index contributed by atoms with van der Waals surface area (Å²) in [4.78, 5) is 28.5. The van der Waals surface area contributed by atoms with Gasteiger partial charge in [0, 0.05) is 17.1 Å². The van der Waals surface area contributed by atoms with Crippen LogP contribution in [0.1, 0.15) is 18.4 Å². The van der Waals surface area contributed by atoms with E-state index in [9.17, 15) is 22.8 Å². The Kier molecular flexibility index (Phi) is 6.82. The largest absolute Gasteiger partial charge is 0.416 e. The number of hydrogen-bond donors (Lipinski definition) is 1. The van der Waals surface area contributed by atoms with Gasteiger partial charge in [0.05, 0.1) is 17.4 Å². The maximum atomic E-state index is 13.8. The Morgan fingerprint density at radius 2 is 1.32 bits per heavy atom. The zero-order chi connectivity index (χ0) is 24.1. The molecule has 0 fully saturated rings. The van der Waals surface area contributed by atoms with Crippen LogP contribution in [-0.4, -0.2) is 11.8 Å². The molecule has 34 heavy (non-hydrogen) atoms. The third-order valence-corrected chi connectivity index (χ3v) is 5.79. The molecule has 3 aromatic rings. The monoisotopic (exact) mass is 464 g/mol. The number of para-hydroxylation sites is 2. The quantitative estimate of drug-likeness (QED) is 0.433. The minimum Gasteiger partial charge on any atom is -0.326 e. The van der Waals surface area contributed by atoms with Crippen molar-refractivity contribution in [1.82, 2.24) is 0 Å².